The molecule has 2 saturated heterocycles. The van der Waals surface area contributed by atoms with Crippen LogP contribution >= 0.6 is 0 Å². The number of fused-ring (bicyclic) bond motifs is 3. The molecule has 0 spiro atoms. The number of primary amides is 1. The molecule has 3 aliphatic rings. The van der Waals surface area contributed by atoms with Crippen molar-refractivity contribution < 1.29 is 19.5 Å². The number of rotatable bonds is 9. The fraction of sp³-hybridized carbons (Fsp3) is 0.607. The number of nitrogens with two attached hydrogens (primary N) is 1. The number of nitrogens with zero attached hydrogens (tertiary/aromatic N) is 4. The second kappa shape index (κ2) is 11.6. The molecule has 1 unspecified atom stereocenters. The third-order valence-electron chi connectivity index (χ3n) is 8.39. The summed E-state index contributed by atoms with van der Waals surface area (Å²) in [6.45, 7) is -0.471. The number of carboxylic acid groups (broad SMARTS) is 1. The number of carbonyl (C=O) groups excluding carboxylic acids is 1. The van der Waals surface area contributed by atoms with Crippen LogP contribution in [-0.4, -0.2) is 61.9 Å². The summed E-state index contributed by atoms with van der Waals surface area (Å²) in [5.41, 5.74) is 6.44. The van der Waals surface area contributed by atoms with E-state index in [0.29, 0.717) is 23.6 Å². The van der Waals surface area contributed by atoms with E-state index in [4.69, 9.17) is 10.6 Å². The van der Waals surface area contributed by atoms with Gasteiger partial charge in [0.1, 0.15) is 5.71 Å². The second-order valence-electron chi connectivity index (χ2n) is 10.9. The highest BCUT2D eigenvalue weighted by Gasteiger charge is 2.43. The molecule has 1 aromatic carbocycles. The summed E-state index contributed by atoms with van der Waals surface area (Å²) >= 11 is 0. The SMILES string of the molecule is NC(=O)CO/N=C(\CCC(=O)O)c1nc2ccccc2n(C2C[C@H]3CCC[C@@H](C2)N3C2CCCCC2)c1=O. The molecule has 3 atom stereocenters. The number of piperidine rings is 2. The molecule has 1 aliphatic carbocycles. The Bertz CT molecular complexity index is 1250. The normalized spacial score (nSPS) is 24.8. The molecule has 2 aromatic rings. The van der Waals surface area contributed by atoms with E-state index in [1.165, 1.54) is 38.5 Å². The Hall–Kier alpha value is -3.27. The van der Waals surface area contributed by atoms with Crippen LogP contribution in [0, 0.1) is 0 Å². The number of aromatic nitrogens is 2. The van der Waals surface area contributed by atoms with Gasteiger partial charge in [-0.15, -0.1) is 0 Å². The first-order chi connectivity index (χ1) is 18.4. The Morgan fingerprint density at radius 3 is 2.34 bits per heavy atom. The Morgan fingerprint density at radius 2 is 1.66 bits per heavy atom. The zero-order chi connectivity index (χ0) is 26.6. The van der Waals surface area contributed by atoms with Crippen molar-refractivity contribution in [2.24, 2.45) is 10.9 Å². The second-order valence-corrected chi connectivity index (χ2v) is 10.9. The maximum Gasteiger partial charge on any atom is 0.303 e. The molecule has 3 heterocycles. The van der Waals surface area contributed by atoms with E-state index < -0.39 is 18.5 Å². The minimum absolute atomic E-state index is 0.0107. The molecule has 3 fully saturated rings. The lowest BCUT2D eigenvalue weighted by atomic mass is 9.78. The van der Waals surface area contributed by atoms with Crippen LogP contribution in [0.4, 0.5) is 0 Å². The minimum Gasteiger partial charge on any atom is -0.481 e. The highest BCUT2D eigenvalue weighted by molar-refractivity contribution is 6.00. The number of hydrogen-bond donors (Lipinski definition) is 2. The van der Waals surface area contributed by atoms with E-state index in [9.17, 15) is 19.5 Å². The minimum atomic E-state index is -1.03. The first-order valence-corrected chi connectivity index (χ1v) is 13.9. The fourth-order valence-electron chi connectivity index (χ4n) is 6.89. The van der Waals surface area contributed by atoms with Gasteiger partial charge in [0.2, 0.25) is 0 Å². The van der Waals surface area contributed by atoms with Gasteiger partial charge in [-0.05, 0) is 50.7 Å². The average molecular weight is 524 g/mol. The van der Waals surface area contributed by atoms with Crippen LogP contribution in [0.1, 0.15) is 88.8 Å². The van der Waals surface area contributed by atoms with Crippen molar-refractivity contribution in [3.05, 3.63) is 40.3 Å². The number of carbonyl (C=O) groups is 2. The number of para-hydroxylation sites is 2. The molecule has 1 aromatic heterocycles. The van der Waals surface area contributed by atoms with E-state index in [1.54, 1.807) is 0 Å². The van der Waals surface area contributed by atoms with E-state index in [2.05, 4.69) is 15.0 Å². The Morgan fingerprint density at radius 1 is 0.974 bits per heavy atom. The Labute approximate surface area is 221 Å². The number of benzene rings is 1. The Balaban J connectivity index is 1.53. The van der Waals surface area contributed by atoms with Gasteiger partial charge >= 0.3 is 5.97 Å². The average Bonchev–Trinajstić information content (AvgIpc) is 2.90. The van der Waals surface area contributed by atoms with Gasteiger partial charge in [0.05, 0.1) is 17.5 Å². The molecule has 2 bridgehead atoms. The topological polar surface area (TPSA) is 140 Å². The summed E-state index contributed by atoms with van der Waals surface area (Å²) in [4.78, 5) is 49.0. The number of aliphatic carboxylic acids is 1. The lowest BCUT2D eigenvalue weighted by molar-refractivity contribution is -0.136. The summed E-state index contributed by atoms with van der Waals surface area (Å²) in [7, 11) is 0. The van der Waals surface area contributed by atoms with Crippen LogP contribution in [0.3, 0.4) is 0 Å². The molecule has 1 amide bonds. The van der Waals surface area contributed by atoms with Gasteiger partial charge in [-0.3, -0.25) is 19.3 Å². The molecule has 38 heavy (non-hydrogen) atoms. The van der Waals surface area contributed by atoms with Gasteiger partial charge < -0.3 is 20.2 Å². The standard InChI is InChI=1S/C28H37N5O5/c29-25(34)17-38-31-23(13-14-26(35)36)27-28(37)33(24-12-5-4-11-22(24)30-27)21-15-19-9-6-10-20(16-21)32(19)18-7-2-1-3-8-18/h4-5,11-12,18-21H,1-3,6-10,13-17H2,(H2,29,34)(H,35,36)/b31-23+/t19-,20+,21?. The molecule has 204 valence electrons. The van der Waals surface area contributed by atoms with Crippen molar-refractivity contribution in [2.45, 2.75) is 101 Å². The maximum atomic E-state index is 14.1. The molecule has 2 aliphatic heterocycles. The van der Waals surface area contributed by atoms with E-state index >= 15 is 0 Å². The predicted molar refractivity (Wildman–Crippen MR) is 143 cm³/mol. The highest BCUT2D eigenvalue weighted by Crippen LogP contribution is 2.43. The fourth-order valence-corrected chi connectivity index (χ4v) is 6.89. The summed E-state index contributed by atoms with van der Waals surface area (Å²) in [6, 6.07) is 9.13. The molecule has 3 N–H and O–H groups in total. The molecule has 0 radical (unpaired) electrons. The molecule has 10 heteroatoms. The van der Waals surface area contributed by atoms with Gasteiger partial charge in [0.25, 0.3) is 11.5 Å². The van der Waals surface area contributed by atoms with Crippen LogP contribution in [0.25, 0.3) is 11.0 Å². The van der Waals surface area contributed by atoms with E-state index in [-0.39, 0.29) is 35.8 Å². The first-order valence-electron chi connectivity index (χ1n) is 13.9. The monoisotopic (exact) mass is 523 g/mol. The van der Waals surface area contributed by atoms with Crippen LogP contribution < -0.4 is 11.3 Å². The van der Waals surface area contributed by atoms with Gasteiger partial charge in [0, 0.05) is 30.6 Å². The van der Waals surface area contributed by atoms with Gasteiger partial charge in [-0.2, -0.15) is 0 Å². The number of hydrogen-bond acceptors (Lipinski definition) is 7. The van der Waals surface area contributed by atoms with Crippen LogP contribution in [0.2, 0.25) is 0 Å². The molecular weight excluding hydrogens is 486 g/mol. The van der Waals surface area contributed by atoms with Crippen molar-refractivity contribution in [3.63, 3.8) is 0 Å². The number of carboxylic acids is 1. The summed E-state index contributed by atoms with van der Waals surface area (Å²) in [5.74, 6) is -1.75. The largest absolute Gasteiger partial charge is 0.481 e. The summed E-state index contributed by atoms with van der Waals surface area (Å²) in [6.07, 6.45) is 11.5. The molecule has 1 saturated carbocycles. The smallest absolute Gasteiger partial charge is 0.303 e. The molecule has 5 rings (SSSR count). The van der Waals surface area contributed by atoms with Crippen LogP contribution in [0.5, 0.6) is 0 Å². The third-order valence-corrected chi connectivity index (χ3v) is 8.39. The van der Waals surface area contributed by atoms with Crippen molar-refractivity contribution in [1.29, 1.82) is 0 Å². The predicted octanol–water partition coefficient (Wildman–Crippen LogP) is 3.36. The lowest BCUT2D eigenvalue weighted by Gasteiger charge is -2.53. The number of oxime groups is 1. The van der Waals surface area contributed by atoms with Crippen LogP contribution in [-0.2, 0) is 14.4 Å². The highest BCUT2D eigenvalue weighted by atomic mass is 16.6. The zero-order valence-electron chi connectivity index (χ0n) is 21.8. The van der Waals surface area contributed by atoms with E-state index in [1.807, 2.05) is 28.8 Å². The van der Waals surface area contributed by atoms with Crippen molar-refractivity contribution in [3.8, 4) is 0 Å². The van der Waals surface area contributed by atoms with Crippen molar-refractivity contribution >= 4 is 28.6 Å². The molecule has 10 nitrogen and oxygen atoms in total. The van der Waals surface area contributed by atoms with Gasteiger partial charge in [-0.1, -0.05) is 43.0 Å². The van der Waals surface area contributed by atoms with E-state index in [0.717, 1.165) is 31.2 Å². The summed E-state index contributed by atoms with van der Waals surface area (Å²) < 4.78 is 1.87. The van der Waals surface area contributed by atoms with Gasteiger partial charge in [0.15, 0.2) is 12.3 Å². The summed E-state index contributed by atoms with van der Waals surface area (Å²) in [5, 5.41) is 13.2. The maximum absolute atomic E-state index is 14.1. The van der Waals surface area contributed by atoms with Crippen molar-refractivity contribution in [1.82, 2.24) is 14.5 Å². The third kappa shape index (κ3) is 5.60. The van der Waals surface area contributed by atoms with Gasteiger partial charge in [-0.25, -0.2) is 4.98 Å². The van der Waals surface area contributed by atoms with Crippen molar-refractivity contribution in [2.75, 3.05) is 6.61 Å². The number of amides is 1. The van der Waals surface area contributed by atoms with Crippen LogP contribution in [0.15, 0.2) is 34.2 Å². The first kappa shape index (κ1) is 26.3. The lowest BCUT2D eigenvalue weighted by Crippen LogP contribution is -2.57. The molecular formula is C28H37N5O5. The quantitative estimate of drug-likeness (QED) is 0.379. The zero-order valence-corrected chi connectivity index (χ0v) is 21.8. The Kier molecular flexibility index (Phi) is 8.06.